The maximum absolute atomic E-state index is 12.8. The molecule has 0 spiro atoms. The van der Waals surface area contributed by atoms with Crippen LogP contribution < -0.4 is 5.73 Å². The van der Waals surface area contributed by atoms with Gasteiger partial charge >= 0.3 is 5.97 Å². The molecule has 5 heteroatoms. The molecule has 1 aromatic carbocycles. The number of aryl methyl sites for hydroxylation is 1. The fourth-order valence-electron chi connectivity index (χ4n) is 1.34. The third-order valence-corrected chi connectivity index (χ3v) is 2.28. The first kappa shape index (κ1) is 12.6. The molecule has 0 amide bonds. The van der Waals surface area contributed by atoms with E-state index in [0.29, 0.717) is 24.8 Å². The minimum atomic E-state index is -1.05. The van der Waals surface area contributed by atoms with E-state index in [-0.39, 0.29) is 0 Å². The summed E-state index contributed by atoms with van der Waals surface area (Å²) in [7, 11) is 0. The molecule has 16 heavy (non-hydrogen) atoms. The zero-order chi connectivity index (χ0) is 12.1. The quantitative estimate of drug-likeness (QED) is 0.807. The lowest BCUT2D eigenvalue weighted by atomic mass is 10.1. The molecule has 0 heterocycles. The molecule has 0 radical (unpaired) electrons. The van der Waals surface area contributed by atoms with Crippen molar-refractivity contribution in [2.75, 3.05) is 0 Å². The van der Waals surface area contributed by atoms with Crippen LogP contribution in [0.5, 0.6) is 0 Å². The average Bonchev–Trinajstić information content (AvgIpc) is 2.23. The summed E-state index contributed by atoms with van der Waals surface area (Å²) in [5.41, 5.74) is 5.94. The largest absolute Gasteiger partial charge is 0.480 e. The van der Waals surface area contributed by atoms with Crippen molar-refractivity contribution in [1.29, 1.82) is 0 Å². The van der Waals surface area contributed by atoms with E-state index >= 15 is 0 Å². The van der Waals surface area contributed by atoms with Gasteiger partial charge in [-0.25, -0.2) is 8.78 Å². The Labute approximate surface area is 91.9 Å². The van der Waals surface area contributed by atoms with Crippen molar-refractivity contribution in [1.82, 2.24) is 0 Å². The Morgan fingerprint density at radius 3 is 2.62 bits per heavy atom. The van der Waals surface area contributed by atoms with Crippen molar-refractivity contribution in [2.45, 2.75) is 25.3 Å². The molecular formula is C11H13F2NO2. The van der Waals surface area contributed by atoms with Crippen molar-refractivity contribution >= 4 is 5.97 Å². The number of carboxylic acids is 1. The van der Waals surface area contributed by atoms with Crippen LogP contribution in [-0.4, -0.2) is 17.1 Å². The van der Waals surface area contributed by atoms with E-state index in [9.17, 15) is 13.6 Å². The second-order valence-electron chi connectivity index (χ2n) is 3.59. The lowest BCUT2D eigenvalue weighted by molar-refractivity contribution is -0.138. The standard InChI is InChI=1S/C11H13F2NO2/c12-8-5-4-7(6-9(8)13)2-1-3-10(14)11(15)16/h4-6,10H,1-3,14H2,(H,15,16). The van der Waals surface area contributed by atoms with Gasteiger partial charge in [-0.15, -0.1) is 0 Å². The Bertz CT molecular complexity index is 382. The molecule has 3 N–H and O–H groups in total. The highest BCUT2D eigenvalue weighted by Crippen LogP contribution is 2.11. The first-order valence-corrected chi connectivity index (χ1v) is 4.93. The maximum Gasteiger partial charge on any atom is 0.320 e. The van der Waals surface area contributed by atoms with Crippen molar-refractivity contribution in [2.24, 2.45) is 5.73 Å². The van der Waals surface area contributed by atoms with Crippen molar-refractivity contribution in [3.63, 3.8) is 0 Å². The molecule has 0 aromatic heterocycles. The Morgan fingerprint density at radius 1 is 1.38 bits per heavy atom. The van der Waals surface area contributed by atoms with E-state index < -0.39 is 23.6 Å². The third kappa shape index (κ3) is 3.58. The Kier molecular flexibility index (Phi) is 4.37. The molecule has 0 bridgehead atoms. The summed E-state index contributed by atoms with van der Waals surface area (Å²) in [6, 6.07) is 2.75. The number of rotatable bonds is 5. The Hall–Kier alpha value is -1.49. The van der Waals surface area contributed by atoms with Gasteiger partial charge < -0.3 is 10.8 Å². The summed E-state index contributed by atoms with van der Waals surface area (Å²) in [6.45, 7) is 0. The van der Waals surface area contributed by atoms with Crippen LogP contribution in [0.2, 0.25) is 0 Å². The van der Waals surface area contributed by atoms with E-state index in [1.165, 1.54) is 6.07 Å². The highest BCUT2D eigenvalue weighted by Gasteiger charge is 2.10. The normalized spacial score (nSPS) is 12.4. The number of halogens is 2. The van der Waals surface area contributed by atoms with E-state index in [2.05, 4.69) is 0 Å². The van der Waals surface area contributed by atoms with Gasteiger partial charge in [0.2, 0.25) is 0 Å². The zero-order valence-electron chi connectivity index (χ0n) is 8.62. The van der Waals surface area contributed by atoms with E-state index in [4.69, 9.17) is 10.8 Å². The van der Waals surface area contributed by atoms with Crippen molar-refractivity contribution in [3.05, 3.63) is 35.4 Å². The molecule has 1 atom stereocenters. The van der Waals surface area contributed by atoms with Crippen LogP contribution >= 0.6 is 0 Å². The van der Waals surface area contributed by atoms with Gasteiger partial charge in [0, 0.05) is 0 Å². The molecule has 1 unspecified atom stereocenters. The van der Waals surface area contributed by atoms with Crippen LogP contribution in [0.15, 0.2) is 18.2 Å². The molecule has 0 fully saturated rings. The van der Waals surface area contributed by atoms with Crippen LogP contribution in [-0.2, 0) is 11.2 Å². The minimum absolute atomic E-state index is 0.314. The number of hydrogen-bond acceptors (Lipinski definition) is 2. The van der Waals surface area contributed by atoms with E-state index in [0.717, 1.165) is 12.1 Å². The zero-order valence-corrected chi connectivity index (χ0v) is 8.62. The molecule has 0 aliphatic carbocycles. The molecule has 1 rings (SSSR count). The van der Waals surface area contributed by atoms with E-state index in [1.54, 1.807) is 0 Å². The summed E-state index contributed by atoms with van der Waals surface area (Å²) in [6.07, 6.45) is 1.32. The highest BCUT2D eigenvalue weighted by atomic mass is 19.2. The molecular weight excluding hydrogens is 216 g/mol. The van der Waals surface area contributed by atoms with Gasteiger partial charge in [-0.05, 0) is 37.0 Å². The molecule has 88 valence electrons. The van der Waals surface area contributed by atoms with Crippen LogP contribution in [0, 0.1) is 11.6 Å². The van der Waals surface area contributed by atoms with Gasteiger partial charge in [-0.3, -0.25) is 4.79 Å². The van der Waals surface area contributed by atoms with Crippen LogP contribution in [0.1, 0.15) is 18.4 Å². The maximum atomic E-state index is 12.8. The SMILES string of the molecule is NC(CCCc1ccc(F)c(F)c1)C(=O)O. The number of carboxylic acid groups (broad SMARTS) is 1. The predicted molar refractivity (Wildman–Crippen MR) is 54.9 cm³/mol. The Balaban J connectivity index is 2.43. The fourth-order valence-corrected chi connectivity index (χ4v) is 1.34. The summed E-state index contributed by atoms with van der Waals surface area (Å²) >= 11 is 0. The first-order valence-electron chi connectivity index (χ1n) is 4.93. The van der Waals surface area contributed by atoms with Gasteiger partial charge in [-0.2, -0.15) is 0 Å². The highest BCUT2D eigenvalue weighted by molar-refractivity contribution is 5.72. The number of hydrogen-bond donors (Lipinski definition) is 2. The monoisotopic (exact) mass is 229 g/mol. The second-order valence-corrected chi connectivity index (χ2v) is 3.59. The summed E-state index contributed by atoms with van der Waals surface area (Å²) in [5.74, 6) is -2.82. The van der Waals surface area contributed by atoms with E-state index in [1.807, 2.05) is 0 Å². The van der Waals surface area contributed by atoms with Gasteiger partial charge in [0.1, 0.15) is 6.04 Å². The lowest BCUT2D eigenvalue weighted by Gasteiger charge is -2.06. The van der Waals surface area contributed by atoms with Crippen molar-refractivity contribution < 1.29 is 18.7 Å². The second kappa shape index (κ2) is 5.55. The number of carbonyl (C=O) groups is 1. The number of benzene rings is 1. The number of aliphatic carboxylic acids is 1. The Morgan fingerprint density at radius 2 is 2.06 bits per heavy atom. The number of nitrogens with two attached hydrogens (primary N) is 1. The summed E-state index contributed by atoms with van der Waals surface area (Å²) in [4.78, 5) is 10.4. The van der Waals surface area contributed by atoms with Crippen LogP contribution in [0.4, 0.5) is 8.78 Å². The minimum Gasteiger partial charge on any atom is -0.480 e. The smallest absolute Gasteiger partial charge is 0.320 e. The van der Waals surface area contributed by atoms with Gasteiger partial charge in [0.05, 0.1) is 0 Å². The summed E-state index contributed by atoms with van der Waals surface area (Å²) < 4.78 is 25.4. The molecule has 0 saturated carbocycles. The topological polar surface area (TPSA) is 63.3 Å². The van der Waals surface area contributed by atoms with Crippen LogP contribution in [0.25, 0.3) is 0 Å². The third-order valence-electron chi connectivity index (χ3n) is 2.28. The van der Waals surface area contributed by atoms with Gasteiger partial charge in [0.15, 0.2) is 11.6 Å². The van der Waals surface area contributed by atoms with Gasteiger partial charge in [-0.1, -0.05) is 6.07 Å². The van der Waals surface area contributed by atoms with Crippen molar-refractivity contribution in [3.8, 4) is 0 Å². The average molecular weight is 229 g/mol. The summed E-state index contributed by atoms with van der Waals surface area (Å²) in [5, 5.41) is 8.53. The molecule has 3 nitrogen and oxygen atoms in total. The predicted octanol–water partition coefficient (Wildman–Crippen LogP) is 1.70. The molecule has 1 aromatic rings. The van der Waals surface area contributed by atoms with Crippen LogP contribution in [0.3, 0.4) is 0 Å². The molecule has 0 aliphatic rings. The lowest BCUT2D eigenvalue weighted by Crippen LogP contribution is -2.29. The first-order chi connectivity index (χ1) is 7.50. The molecule has 0 saturated heterocycles. The van der Waals surface area contributed by atoms with Gasteiger partial charge in [0.25, 0.3) is 0 Å². The fraction of sp³-hybridized carbons (Fsp3) is 0.364. The molecule has 0 aliphatic heterocycles.